The van der Waals surface area contributed by atoms with E-state index in [0.29, 0.717) is 5.56 Å². The van der Waals surface area contributed by atoms with Crippen LogP contribution in [0.5, 0.6) is 0 Å². The van der Waals surface area contributed by atoms with E-state index in [2.05, 4.69) is 28.7 Å². The third-order valence-electron chi connectivity index (χ3n) is 2.56. The van der Waals surface area contributed by atoms with Crippen LogP contribution in [0.25, 0.3) is 11.1 Å². The van der Waals surface area contributed by atoms with Crippen LogP contribution in [0, 0.1) is 14.9 Å². The minimum Gasteiger partial charge on any atom is -0.392 e. The number of nitriles is 1. The lowest BCUT2D eigenvalue weighted by Crippen LogP contribution is -1.90. The van der Waals surface area contributed by atoms with E-state index in [1.807, 2.05) is 30.3 Å². The molecule has 0 bridgehead atoms. The number of aliphatic hydroxyl groups is 1. The Morgan fingerprint density at radius 3 is 2.41 bits per heavy atom. The van der Waals surface area contributed by atoms with E-state index in [1.54, 1.807) is 12.1 Å². The summed E-state index contributed by atoms with van der Waals surface area (Å²) in [6.45, 7) is 0.0200. The minimum atomic E-state index is 0.0200. The topological polar surface area (TPSA) is 44.0 Å². The first kappa shape index (κ1) is 12.1. The predicted molar refractivity (Wildman–Crippen MR) is 75.2 cm³/mol. The summed E-state index contributed by atoms with van der Waals surface area (Å²) in [4.78, 5) is 0. The Morgan fingerprint density at radius 2 is 1.82 bits per heavy atom. The van der Waals surface area contributed by atoms with Crippen molar-refractivity contribution in [3.63, 3.8) is 0 Å². The van der Waals surface area contributed by atoms with Crippen LogP contribution < -0.4 is 0 Å². The normalized spacial score (nSPS) is 9.94. The molecular weight excluding hydrogens is 325 g/mol. The van der Waals surface area contributed by atoms with Crippen molar-refractivity contribution in [2.24, 2.45) is 0 Å². The molecule has 0 saturated carbocycles. The molecular formula is C14H10INO. The Kier molecular flexibility index (Phi) is 3.77. The summed E-state index contributed by atoms with van der Waals surface area (Å²) >= 11 is 2.22. The second-order valence-corrected chi connectivity index (χ2v) is 4.89. The predicted octanol–water partition coefficient (Wildman–Crippen LogP) is 3.32. The quantitative estimate of drug-likeness (QED) is 0.856. The van der Waals surface area contributed by atoms with Gasteiger partial charge in [-0.2, -0.15) is 5.26 Å². The van der Waals surface area contributed by atoms with E-state index in [1.165, 1.54) is 0 Å². The van der Waals surface area contributed by atoms with Crippen LogP contribution in [0.15, 0.2) is 42.5 Å². The Hall–Kier alpha value is -1.38. The summed E-state index contributed by atoms with van der Waals surface area (Å²) in [6, 6.07) is 15.4. The van der Waals surface area contributed by atoms with Crippen LogP contribution in [0.2, 0.25) is 0 Å². The van der Waals surface area contributed by atoms with Crippen LogP contribution >= 0.6 is 22.6 Å². The molecule has 0 unspecified atom stereocenters. The number of benzene rings is 2. The maximum absolute atomic E-state index is 9.35. The molecule has 2 aromatic carbocycles. The first-order valence-electron chi connectivity index (χ1n) is 5.14. The molecule has 17 heavy (non-hydrogen) atoms. The minimum absolute atomic E-state index is 0.0200. The van der Waals surface area contributed by atoms with Gasteiger partial charge in [0.15, 0.2) is 0 Å². The summed E-state index contributed by atoms with van der Waals surface area (Å²) < 4.78 is 1.10. The number of hydrogen-bond acceptors (Lipinski definition) is 2. The van der Waals surface area contributed by atoms with Gasteiger partial charge in [-0.15, -0.1) is 0 Å². The molecule has 1 N–H and O–H groups in total. The van der Waals surface area contributed by atoms with E-state index in [4.69, 9.17) is 5.26 Å². The second-order valence-electron chi connectivity index (χ2n) is 3.65. The van der Waals surface area contributed by atoms with Crippen LogP contribution in [0.1, 0.15) is 11.1 Å². The van der Waals surface area contributed by atoms with E-state index < -0.39 is 0 Å². The van der Waals surface area contributed by atoms with Crippen molar-refractivity contribution >= 4 is 22.6 Å². The average molecular weight is 335 g/mol. The molecule has 84 valence electrons. The molecule has 0 heterocycles. The molecule has 0 amide bonds. The summed E-state index contributed by atoms with van der Waals surface area (Å²) in [5, 5.41) is 18.1. The highest BCUT2D eigenvalue weighted by Crippen LogP contribution is 2.25. The van der Waals surface area contributed by atoms with Gasteiger partial charge >= 0.3 is 0 Å². The smallest absolute Gasteiger partial charge is 0.0991 e. The number of aliphatic hydroxyl groups excluding tert-OH is 1. The first-order chi connectivity index (χ1) is 8.24. The van der Waals surface area contributed by atoms with Gasteiger partial charge in [-0.3, -0.25) is 0 Å². The molecule has 2 aromatic rings. The van der Waals surface area contributed by atoms with Crippen LogP contribution in [-0.2, 0) is 6.61 Å². The number of rotatable bonds is 2. The van der Waals surface area contributed by atoms with Gasteiger partial charge in [0.2, 0.25) is 0 Å². The Balaban J connectivity index is 2.49. The summed E-state index contributed by atoms with van der Waals surface area (Å²) in [7, 11) is 0. The summed E-state index contributed by atoms with van der Waals surface area (Å²) in [6.07, 6.45) is 0. The van der Waals surface area contributed by atoms with E-state index in [9.17, 15) is 5.11 Å². The molecule has 3 heteroatoms. The van der Waals surface area contributed by atoms with E-state index >= 15 is 0 Å². The Morgan fingerprint density at radius 1 is 1.12 bits per heavy atom. The van der Waals surface area contributed by atoms with Crippen molar-refractivity contribution in [3.05, 3.63) is 57.2 Å². The lowest BCUT2D eigenvalue weighted by atomic mass is 9.99. The largest absolute Gasteiger partial charge is 0.392 e. The zero-order valence-electron chi connectivity index (χ0n) is 9.02. The lowest BCUT2D eigenvalue weighted by Gasteiger charge is -2.08. The zero-order valence-corrected chi connectivity index (χ0v) is 11.2. The van der Waals surface area contributed by atoms with Gasteiger partial charge in [-0.1, -0.05) is 18.2 Å². The SMILES string of the molecule is N#Cc1ccc(-c2ccc(I)cc2CO)cc1. The first-order valence-corrected chi connectivity index (χ1v) is 6.22. The molecule has 0 saturated heterocycles. The maximum atomic E-state index is 9.35. The van der Waals surface area contributed by atoms with Crippen molar-refractivity contribution in [1.29, 1.82) is 5.26 Å². The third kappa shape index (κ3) is 2.65. The molecule has 0 spiro atoms. The highest BCUT2D eigenvalue weighted by atomic mass is 127. The zero-order chi connectivity index (χ0) is 12.3. The fourth-order valence-electron chi connectivity index (χ4n) is 1.70. The molecule has 0 aliphatic carbocycles. The van der Waals surface area contributed by atoms with Crippen LogP contribution in [0.3, 0.4) is 0 Å². The van der Waals surface area contributed by atoms with Crippen molar-refractivity contribution in [2.45, 2.75) is 6.61 Å². The average Bonchev–Trinajstić information content (AvgIpc) is 2.39. The van der Waals surface area contributed by atoms with Gasteiger partial charge in [0.25, 0.3) is 0 Å². The van der Waals surface area contributed by atoms with Crippen molar-refractivity contribution < 1.29 is 5.11 Å². The third-order valence-corrected chi connectivity index (χ3v) is 3.23. The number of nitrogens with zero attached hydrogens (tertiary/aromatic N) is 1. The maximum Gasteiger partial charge on any atom is 0.0991 e. The van der Waals surface area contributed by atoms with Gasteiger partial charge in [-0.05, 0) is 63.5 Å². The highest BCUT2D eigenvalue weighted by Gasteiger charge is 2.05. The summed E-state index contributed by atoms with van der Waals surface area (Å²) in [5.41, 5.74) is 3.58. The molecule has 0 aliphatic heterocycles. The van der Waals surface area contributed by atoms with Gasteiger partial charge in [0, 0.05) is 3.57 Å². The van der Waals surface area contributed by atoms with Gasteiger partial charge < -0.3 is 5.11 Å². The molecule has 0 radical (unpaired) electrons. The van der Waals surface area contributed by atoms with Gasteiger partial charge in [0.05, 0.1) is 18.2 Å². The fourth-order valence-corrected chi connectivity index (χ4v) is 2.25. The van der Waals surface area contributed by atoms with E-state index in [0.717, 1.165) is 20.3 Å². The number of halogens is 1. The van der Waals surface area contributed by atoms with Crippen molar-refractivity contribution in [2.75, 3.05) is 0 Å². The Labute approximate surface area is 114 Å². The molecule has 2 rings (SSSR count). The summed E-state index contributed by atoms with van der Waals surface area (Å²) in [5.74, 6) is 0. The highest BCUT2D eigenvalue weighted by molar-refractivity contribution is 14.1. The molecule has 0 aliphatic rings. The number of hydrogen-bond donors (Lipinski definition) is 1. The Bertz CT molecular complexity index is 570. The van der Waals surface area contributed by atoms with E-state index in [-0.39, 0.29) is 6.61 Å². The van der Waals surface area contributed by atoms with Gasteiger partial charge in [-0.25, -0.2) is 0 Å². The standard InChI is InChI=1S/C14H10INO/c15-13-5-6-14(12(7-13)9-17)11-3-1-10(8-16)2-4-11/h1-7,17H,9H2. The van der Waals surface area contributed by atoms with Crippen molar-refractivity contribution in [3.8, 4) is 17.2 Å². The lowest BCUT2D eigenvalue weighted by molar-refractivity contribution is 0.282. The molecule has 0 fully saturated rings. The molecule has 0 atom stereocenters. The van der Waals surface area contributed by atoms with Gasteiger partial charge in [0.1, 0.15) is 0 Å². The second kappa shape index (κ2) is 5.30. The van der Waals surface area contributed by atoms with Crippen LogP contribution in [0.4, 0.5) is 0 Å². The van der Waals surface area contributed by atoms with Crippen LogP contribution in [-0.4, -0.2) is 5.11 Å². The molecule has 2 nitrogen and oxygen atoms in total. The monoisotopic (exact) mass is 335 g/mol. The fraction of sp³-hybridized carbons (Fsp3) is 0.0714. The molecule has 0 aromatic heterocycles. The van der Waals surface area contributed by atoms with Crippen molar-refractivity contribution in [1.82, 2.24) is 0 Å².